The van der Waals surface area contributed by atoms with E-state index in [1.54, 1.807) is 23.6 Å². The van der Waals surface area contributed by atoms with Gasteiger partial charge in [-0.15, -0.1) is 11.3 Å². The normalized spacial score (nSPS) is 10.1. The minimum atomic E-state index is -0.434. The zero-order chi connectivity index (χ0) is 15.9. The van der Waals surface area contributed by atoms with Crippen molar-refractivity contribution in [2.45, 2.75) is 13.3 Å². The second kappa shape index (κ2) is 7.95. The van der Waals surface area contributed by atoms with E-state index in [1.165, 1.54) is 16.9 Å². The Morgan fingerprint density at radius 3 is 2.73 bits per heavy atom. The van der Waals surface area contributed by atoms with Crippen molar-refractivity contribution in [2.75, 3.05) is 6.61 Å². The number of hydrogen-bond donors (Lipinski definition) is 2. The van der Waals surface area contributed by atoms with E-state index in [9.17, 15) is 9.59 Å². The van der Waals surface area contributed by atoms with Gasteiger partial charge < -0.3 is 4.74 Å². The first-order valence-electron chi connectivity index (χ1n) is 6.64. The molecule has 0 spiro atoms. The van der Waals surface area contributed by atoms with Crippen molar-refractivity contribution in [3.05, 3.63) is 50.6 Å². The number of carbonyl (C=O) groups is 2. The smallest absolute Gasteiger partial charge is 0.279 e. The fraction of sp³-hybridized carbons (Fsp3) is 0.200. The first-order chi connectivity index (χ1) is 10.6. The van der Waals surface area contributed by atoms with Gasteiger partial charge in [0.2, 0.25) is 0 Å². The third-order valence-electron chi connectivity index (χ3n) is 2.82. The summed E-state index contributed by atoms with van der Waals surface area (Å²) in [6.07, 6.45) is 0.925. The average molecular weight is 383 g/mol. The van der Waals surface area contributed by atoms with Crippen molar-refractivity contribution in [2.24, 2.45) is 0 Å². The van der Waals surface area contributed by atoms with Crippen molar-refractivity contribution in [3.63, 3.8) is 0 Å². The second-order valence-electron chi connectivity index (χ2n) is 4.39. The SMILES string of the molecule is CCc1ccc(OCC(=O)NNC(=O)c2cccs2)c(Br)c1. The Morgan fingerprint density at radius 2 is 2.09 bits per heavy atom. The molecule has 116 valence electrons. The Labute approximate surface area is 140 Å². The van der Waals surface area contributed by atoms with Crippen LogP contribution in [0, 0.1) is 0 Å². The maximum absolute atomic E-state index is 11.7. The molecule has 0 bridgehead atoms. The summed E-state index contributed by atoms with van der Waals surface area (Å²) in [5, 5.41) is 1.79. The molecule has 0 aliphatic rings. The summed E-state index contributed by atoms with van der Waals surface area (Å²) in [7, 11) is 0. The van der Waals surface area contributed by atoms with Gasteiger partial charge in [0.15, 0.2) is 6.61 Å². The highest BCUT2D eigenvalue weighted by molar-refractivity contribution is 9.10. The van der Waals surface area contributed by atoms with Crippen LogP contribution in [0.15, 0.2) is 40.2 Å². The highest BCUT2D eigenvalue weighted by Gasteiger charge is 2.09. The first-order valence-corrected chi connectivity index (χ1v) is 8.31. The number of rotatable bonds is 5. The fourth-order valence-electron chi connectivity index (χ4n) is 1.66. The number of thiophene rings is 1. The molecular weight excluding hydrogens is 368 g/mol. The van der Waals surface area contributed by atoms with Crippen LogP contribution < -0.4 is 15.6 Å². The number of hydrazine groups is 1. The Hall–Kier alpha value is -1.86. The molecule has 0 radical (unpaired) electrons. The molecule has 0 saturated heterocycles. The van der Waals surface area contributed by atoms with Crippen molar-refractivity contribution < 1.29 is 14.3 Å². The minimum absolute atomic E-state index is 0.186. The number of aryl methyl sites for hydroxylation is 1. The molecule has 0 fully saturated rings. The van der Waals surface area contributed by atoms with Gasteiger partial charge in [0.25, 0.3) is 11.8 Å². The molecule has 1 aromatic carbocycles. The summed E-state index contributed by atoms with van der Waals surface area (Å²) in [5.41, 5.74) is 5.82. The minimum Gasteiger partial charge on any atom is -0.483 e. The molecule has 0 saturated carbocycles. The van der Waals surface area contributed by atoms with E-state index >= 15 is 0 Å². The van der Waals surface area contributed by atoms with E-state index < -0.39 is 5.91 Å². The van der Waals surface area contributed by atoms with E-state index in [0.717, 1.165) is 10.9 Å². The Kier molecular flexibility index (Phi) is 5.97. The van der Waals surface area contributed by atoms with E-state index in [2.05, 4.69) is 33.7 Å². The number of benzene rings is 1. The van der Waals surface area contributed by atoms with Crippen molar-refractivity contribution in [3.8, 4) is 5.75 Å². The van der Waals surface area contributed by atoms with Gasteiger partial charge in [0.05, 0.1) is 9.35 Å². The lowest BCUT2D eigenvalue weighted by molar-refractivity contribution is -0.123. The van der Waals surface area contributed by atoms with Crippen LogP contribution in [-0.2, 0) is 11.2 Å². The molecular formula is C15H15BrN2O3S. The van der Waals surface area contributed by atoms with Gasteiger partial charge in [-0.1, -0.05) is 19.1 Å². The Morgan fingerprint density at radius 1 is 1.27 bits per heavy atom. The summed E-state index contributed by atoms with van der Waals surface area (Å²) in [6.45, 7) is 1.88. The van der Waals surface area contributed by atoms with Crippen LogP contribution in [-0.4, -0.2) is 18.4 Å². The molecule has 7 heteroatoms. The van der Waals surface area contributed by atoms with Crippen LogP contribution in [0.4, 0.5) is 0 Å². The molecule has 2 amide bonds. The number of hydrogen-bond acceptors (Lipinski definition) is 4. The molecule has 1 heterocycles. The zero-order valence-corrected chi connectivity index (χ0v) is 14.3. The number of halogens is 1. The molecule has 0 atom stereocenters. The predicted molar refractivity (Wildman–Crippen MR) is 88.9 cm³/mol. The van der Waals surface area contributed by atoms with Gasteiger partial charge in [0.1, 0.15) is 5.75 Å². The molecule has 0 aliphatic carbocycles. The van der Waals surface area contributed by atoms with E-state index in [1.807, 2.05) is 12.1 Å². The number of ether oxygens (including phenoxy) is 1. The topological polar surface area (TPSA) is 67.4 Å². The third-order valence-corrected chi connectivity index (χ3v) is 4.31. The monoisotopic (exact) mass is 382 g/mol. The lowest BCUT2D eigenvalue weighted by Crippen LogP contribution is -2.43. The van der Waals surface area contributed by atoms with Gasteiger partial charge in [0, 0.05) is 0 Å². The van der Waals surface area contributed by atoms with Gasteiger partial charge >= 0.3 is 0 Å². The molecule has 22 heavy (non-hydrogen) atoms. The summed E-state index contributed by atoms with van der Waals surface area (Å²) in [4.78, 5) is 23.8. The van der Waals surface area contributed by atoms with Crippen LogP contribution in [0.1, 0.15) is 22.2 Å². The molecule has 0 aliphatic heterocycles. The average Bonchev–Trinajstić information content (AvgIpc) is 3.05. The maximum atomic E-state index is 11.7. The summed E-state index contributed by atoms with van der Waals surface area (Å²) in [6, 6.07) is 9.14. The summed E-state index contributed by atoms with van der Waals surface area (Å²) < 4.78 is 6.21. The Bertz CT molecular complexity index is 659. The molecule has 5 nitrogen and oxygen atoms in total. The summed E-state index contributed by atoms with van der Waals surface area (Å²) in [5.74, 6) is -0.204. The van der Waals surface area contributed by atoms with E-state index in [-0.39, 0.29) is 12.5 Å². The maximum Gasteiger partial charge on any atom is 0.279 e. The molecule has 2 N–H and O–H groups in total. The highest BCUT2D eigenvalue weighted by Crippen LogP contribution is 2.26. The van der Waals surface area contributed by atoms with Crippen molar-refractivity contribution in [1.29, 1.82) is 0 Å². The number of carbonyl (C=O) groups excluding carboxylic acids is 2. The third kappa shape index (κ3) is 4.57. The first kappa shape index (κ1) is 16.5. The highest BCUT2D eigenvalue weighted by atomic mass is 79.9. The van der Waals surface area contributed by atoms with Crippen LogP contribution >= 0.6 is 27.3 Å². The van der Waals surface area contributed by atoms with Crippen molar-refractivity contribution in [1.82, 2.24) is 10.9 Å². The van der Waals surface area contributed by atoms with E-state index in [0.29, 0.717) is 10.6 Å². The standard InChI is InChI=1S/C15H15BrN2O3S/c1-2-10-5-6-12(11(16)8-10)21-9-14(19)17-18-15(20)13-4-3-7-22-13/h3-8H,2,9H2,1H3,(H,17,19)(H,18,20). The Balaban J connectivity index is 1.79. The van der Waals surface area contributed by atoms with Gasteiger partial charge in [-0.05, 0) is 51.5 Å². The molecule has 2 aromatic rings. The predicted octanol–water partition coefficient (Wildman–Crippen LogP) is 2.91. The van der Waals surface area contributed by atoms with Crippen LogP contribution in [0.2, 0.25) is 0 Å². The van der Waals surface area contributed by atoms with Crippen LogP contribution in [0.3, 0.4) is 0 Å². The van der Waals surface area contributed by atoms with Crippen LogP contribution in [0.25, 0.3) is 0 Å². The zero-order valence-electron chi connectivity index (χ0n) is 11.9. The summed E-state index contributed by atoms with van der Waals surface area (Å²) >= 11 is 4.70. The molecule has 0 unspecified atom stereocenters. The number of amides is 2. The fourth-order valence-corrected chi connectivity index (χ4v) is 2.82. The largest absolute Gasteiger partial charge is 0.483 e. The molecule has 1 aromatic heterocycles. The van der Waals surface area contributed by atoms with Gasteiger partial charge in [-0.25, -0.2) is 0 Å². The quantitative estimate of drug-likeness (QED) is 0.781. The van der Waals surface area contributed by atoms with Gasteiger partial charge in [-0.3, -0.25) is 20.4 Å². The lowest BCUT2D eigenvalue weighted by atomic mass is 10.2. The lowest BCUT2D eigenvalue weighted by Gasteiger charge is -2.10. The van der Waals surface area contributed by atoms with Crippen LogP contribution in [0.5, 0.6) is 5.75 Å². The van der Waals surface area contributed by atoms with E-state index in [4.69, 9.17) is 4.74 Å². The molecule has 2 rings (SSSR count). The van der Waals surface area contributed by atoms with Crippen molar-refractivity contribution >= 4 is 39.1 Å². The second-order valence-corrected chi connectivity index (χ2v) is 6.19. The van der Waals surface area contributed by atoms with Gasteiger partial charge in [-0.2, -0.15) is 0 Å². The number of nitrogens with one attached hydrogen (secondary N) is 2.